The van der Waals surface area contributed by atoms with E-state index in [4.69, 9.17) is 33.8 Å². The summed E-state index contributed by atoms with van der Waals surface area (Å²) in [5.74, 6) is 4.97. The van der Waals surface area contributed by atoms with E-state index in [1.807, 2.05) is 5.43 Å². The van der Waals surface area contributed by atoms with Gasteiger partial charge in [-0.3, -0.25) is 10.2 Å². The summed E-state index contributed by atoms with van der Waals surface area (Å²) >= 11 is 12.0. The Labute approximate surface area is 110 Å². The van der Waals surface area contributed by atoms with Crippen molar-refractivity contribution in [1.82, 2.24) is 5.43 Å². The van der Waals surface area contributed by atoms with Crippen LogP contribution in [0, 0.1) is 0 Å². The summed E-state index contributed by atoms with van der Waals surface area (Å²) in [5.41, 5.74) is 2.31. The first kappa shape index (κ1) is 14.1. The molecule has 17 heavy (non-hydrogen) atoms. The molecule has 0 spiro atoms. The number of carbonyl (C=O) groups excluding carboxylic acids is 1. The van der Waals surface area contributed by atoms with Crippen molar-refractivity contribution in [3.8, 4) is 5.75 Å². The van der Waals surface area contributed by atoms with Crippen LogP contribution in [0.2, 0.25) is 10.0 Å². The number of carbonyl (C=O) groups is 1. The highest BCUT2D eigenvalue weighted by Crippen LogP contribution is 2.34. The summed E-state index contributed by atoms with van der Waals surface area (Å²) in [6, 6.07) is 2.94. The average molecular weight is 277 g/mol. The second-order valence-corrected chi connectivity index (χ2v) is 4.26. The largest absolute Gasteiger partial charge is 0.490 e. The molecule has 0 aliphatic rings. The third-order valence-corrected chi connectivity index (χ3v) is 2.70. The molecule has 0 fully saturated rings. The van der Waals surface area contributed by atoms with Crippen molar-refractivity contribution >= 4 is 29.1 Å². The molecule has 0 bridgehead atoms. The summed E-state index contributed by atoms with van der Waals surface area (Å²) < 4.78 is 5.45. The van der Waals surface area contributed by atoms with Gasteiger partial charge in [-0.05, 0) is 18.6 Å². The normalized spacial score (nSPS) is 10.1. The molecule has 1 aromatic carbocycles. The van der Waals surface area contributed by atoms with Gasteiger partial charge in [-0.25, -0.2) is 5.84 Å². The minimum Gasteiger partial charge on any atom is -0.490 e. The minimum absolute atomic E-state index is 0.297. The number of hydrogen-bond donors (Lipinski definition) is 2. The standard InChI is InChI=1S/C11H14Cl2N2O2/c1-2-3-4-17-10-8(12)5-7(6-9(10)13)11(16)15-14/h5-6H,2-4,14H2,1H3,(H,15,16). The van der Waals surface area contributed by atoms with E-state index in [1.54, 1.807) is 0 Å². The molecule has 1 rings (SSSR count). The van der Waals surface area contributed by atoms with Crippen LogP contribution in [-0.2, 0) is 0 Å². The van der Waals surface area contributed by atoms with Gasteiger partial charge < -0.3 is 4.74 Å². The molecule has 1 aromatic rings. The van der Waals surface area contributed by atoms with E-state index in [1.165, 1.54) is 12.1 Å². The number of nitrogens with two attached hydrogens (primary N) is 1. The molecule has 0 atom stereocenters. The Morgan fingerprint density at radius 3 is 2.47 bits per heavy atom. The lowest BCUT2D eigenvalue weighted by Crippen LogP contribution is -2.29. The zero-order valence-corrected chi connectivity index (χ0v) is 10.9. The van der Waals surface area contributed by atoms with Gasteiger partial charge in [-0.15, -0.1) is 0 Å². The van der Waals surface area contributed by atoms with Crippen molar-refractivity contribution in [3.05, 3.63) is 27.7 Å². The van der Waals surface area contributed by atoms with Crippen LogP contribution in [0.15, 0.2) is 12.1 Å². The van der Waals surface area contributed by atoms with Crippen molar-refractivity contribution in [2.75, 3.05) is 6.61 Å². The first-order valence-corrected chi connectivity index (χ1v) is 5.98. The number of nitrogens with one attached hydrogen (secondary N) is 1. The van der Waals surface area contributed by atoms with Crippen LogP contribution in [-0.4, -0.2) is 12.5 Å². The number of amides is 1. The number of unbranched alkanes of at least 4 members (excludes halogenated alkanes) is 1. The van der Waals surface area contributed by atoms with E-state index in [2.05, 4.69) is 6.92 Å². The molecule has 0 aliphatic heterocycles. The van der Waals surface area contributed by atoms with E-state index in [-0.39, 0.29) is 0 Å². The molecule has 6 heteroatoms. The van der Waals surface area contributed by atoms with Crippen LogP contribution < -0.4 is 16.0 Å². The maximum Gasteiger partial charge on any atom is 0.265 e. The van der Waals surface area contributed by atoms with Gasteiger partial charge in [0.15, 0.2) is 5.75 Å². The zero-order valence-electron chi connectivity index (χ0n) is 9.43. The van der Waals surface area contributed by atoms with Crippen molar-refractivity contribution in [2.24, 2.45) is 5.84 Å². The van der Waals surface area contributed by atoms with E-state index in [0.29, 0.717) is 28.0 Å². The molecule has 0 saturated heterocycles. The summed E-state index contributed by atoms with van der Waals surface area (Å²) in [6.45, 7) is 2.60. The van der Waals surface area contributed by atoms with Crippen molar-refractivity contribution in [3.63, 3.8) is 0 Å². The molecule has 0 radical (unpaired) electrons. The Hall–Kier alpha value is -0.970. The van der Waals surface area contributed by atoms with Gasteiger partial charge in [-0.2, -0.15) is 0 Å². The molecule has 3 N–H and O–H groups in total. The van der Waals surface area contributed by atoms with Gasteiger partial charge in [0.25, 0.3) is 5.91 Å². The van der Waals surface area contributed by atoms with Crippen LogP contribution >= 0.6 is 23.2 Å². The van der Waals surface area contributed by atoms with Crippen LogP contribution in [0.25, 0.3) is 0 Å². The van der Waals surface area contributed by atoms with Gasteiger partial charge in [-0.1, -0.05) is 36.5 Å². The van der Waals surface area contributed by atoms with Crippen LogP contribution in [0.1, 0.15) is 30.1 Å². The Balaban J connectivity index is 2.90. The summed E-state index contributed by atoms with van der Waals surface area (Å²) in [4.78, 5) is 11.3. The van der Waals surface area contributed by atoms with Gasteiger partial charge in [0.2, 0.25) is 0 Å². The highest BCUT2D eigenvalue weighted by atomic mass is 35.5. The number of ether oxygens (including phenoxy) is 1. The van der Waals surface area contributed by atoms with E-state index >= 15 is 0 Å². The maximum atomic E-state index is 11.3. The number of rotatable bonds is 5. The van der Waals surface area contributed by atoms with Gasteiger partial charge in [0.05, 0.1) is 16.7 Å². The van der Waals surface area contributed by atoms with Crippen molar-refractivity contribution < 1.29 is 9.53 Å². The van der Waals surface area contributed by atoms with Crippen LogP contribution in [0.5, 0.6) is 5.75 Å². The Kier molecular flexibility index (Phi) is 5.55. The predicted octanol–water partition coefficient (Wildman–Crippen LogP) is 2.78. The van der Waals surface area contributed by atoms with Gasteiger partial charge in [0, 0.05) is 5.56 Å². The molecular formula is C11H14Cl2N2O2. The van der Waals surface area contributed by atoms with Gasteiger partial charge >= 0.3 is 0 Å². The number of benzene rings is 1. The molecule has 0 aliphatic carbocycles. The third-order valence-electron chi connectivity index (χ3n) is 2.14. The Bertz CT molecular complexity index is 387. The monoisotopic (exact) mass is 276 g/mol. The fourth-order valence-corrected chi connectivity index (χ4v) is 1.83. The lowest BCUT2D eigenvalue weighted by molar-refractivity contribution is 0.0953. The second-order valence-electron chi connectivity index (χ2n) is 3.44. The SMILES string of the molecule is CCCCOc1c(Cl)cc(C(=O)NN)cc1Cl. The number of hydrazine groups is 1. The molecule has 0 saturated carbocycles. The highest BCUT2D eigenvalue weighted by molar-refractivity contribution is 6.37. The summed E-state index contributed by atoms with van der Waals surface area (Å²) in [7, 11) is 0. The molecule has 0 aromatic heterocycles. The van der Waals surface area contributed by atoms with E-state index in [0.717, 1.165) is 12.8 Å². The first-order chi connectivity index (χ1) is 8.10. The predicted molar refractivity (Wildman–Crippen MR) is 68.5 cm³/mol. The van der Waals surface area contributed by atoms with E-state index in [9.17, 15) is 4.79 Å². The second kappa shape index (κ2) is 6.69. The number of nitrogen functional groups attached to an aromatic ring is 1. The fraction of sp³-hybridized carbons (Fsp3) is 0.364. The lowest BCUT2D eigenvalue weighted by Gasteiger charge is -2.10. The Morgan fingerprint density at radius 1 is 1.41 bits per heavy atom. The number of hydrogen-bond acceptors (Lipinski definition) is 3. The van der Waals surface area contributed by atoms with E-state index < -0.39 is 5.91 Å². The van der Waals surface area contributed by atoms with Gasteiger partial charge in [0.1, 0.15) is 0 Å². The molecule has 0 unspecified atom stereocenters. The number of halogens is 2. The van der Waals surface area contributed by atoms with Crippen LogP contribution in [0.3, 0.4) is 0 Å². The lowest BCUT2D eigenvalue weighted by atomic mass is 10.2. The molecule has 4 nitrogen and oxygen atoms in total. The van der Waals surface area contributed by atoms with Crippen molar-refractivity contribution in [1.29, 1.82) is 0 Å². The molecular weight excluding hydrogens is 263 g/mol. The fourth-order valence-electron chi connectivity index (χ4n) is 1.23. The third kappa shape index (κ3) is 3.77. The summed E-state index contributed by atoms with van der Waals surface area (Å²) in [5, 5.41) is 0.597. The minimum atomic E-state index is -0.450. The zero-order chi connectivity index (χ0) is 12.8. The summed E-state index contributed by atoms with van der Waals surface area (Å²) in [6.07, 6.45) is 1.93. The van der Waals surface area contributed by atoms with Crippen molar-refractivity contribution in [2.45, 2.75) is 19.8 Å². The van der Waals surface area contributed by atoms with Crippen LogP contribution in [0.4, 0.5) is 0 Å². The molecule has 0 heterocycles. The first-order valence-electron chi connectivity index (χ1n) is 5.23. The molecule has 94 valence electrons. The molecule has 1 amide bonds. The maximum absolute atomic E-state index is 11.3. The topological polar surface area (TPSA) is 64.3 Å². The quantitative estimate of drug-likeness (QED) is 0.376. The highest BCUT2D eigenvalue weighted by Gasteiger charge is 2.13. The Morgan fingerprint density at radius 2 is 2.00 bits per heavy atom. The smallest absolute Gasteiger partial charge is 0.265 e. The average Bonchev–Trinajstić information content (AvgIpc) is 2.31.